The van der Waals surface area contributed by atoms with E-state index < -0.39 is 102 Å². The predicted octanol–water partition coefficient (Wildman–Crippen LogP) is 1.55. The molecule has 2 aromatic rings. The number of aromatic hydroxyl groups is 2. The van der Waals surface area contributed by atoms with Crippen molar-refractivity contribution in [1.29, 1.82) is 0 Å². The molecule has 242 valence electrons. The van der Waals surface area contributed by atoms with Crippen LogP contribution < -0.4 is 10.5 Å². The summed E-state index contributed by atoms with van der Waals surface area (Å²) in [6.45, 7) is 1.35. The fourth-order valence-electron chi connectivity index (χ4n) is 6.95. The van der Waals surface area contributed by atoms with Crippen molar-refractivity contribution in [2.75, 3.05) is 20.3 Å². The zero-order valence-corrected chi connectivity index (χ0v) is 25.0. The van der Waals surface area contributed by atoms with Gasteiger partial charge in [-0.05, 0) is 32.3 Å². The number of ether oxygens (including phenoxy) is 5. The molecule has 2 aromatic carbocycles. The highest BCUT2D eigenvalue weighted by Gasteiger charge is 2.50. The molecule has 13 heteroatoms. The molecule has 2 aliphatic carbocycles. The minimum absolute atomic E-state index is 0.0409. The van der Waals surface area contributed by atoms with Gasteiger partial charge in [-0.3, -0.25) is 14.4 Å². The highest BCUT2D eigenvalue weighted by Crippen LogP contribution is 2.52. The molecule has 6 N–H and O–H groups in total. The van der Waals surface area contributed by atoms with Crippen molar-refractivity contribution in [3.05, 3.63) is 51.6 Å². The maximum Gasteiger partial charge on any atom is 0.202 e. The van der Waals surface area contributed by atoms with Crippen LogP contribution in [-0.4, -0.2) is 94.5 Å². The number of carbonyl (C=O) groups excluding carboxylic acids is 3. The first-order valence-corrected chi connectivity index (χ1v) is 15.1. The number of fused-ring (bicyclic) bond motifs is 3. The minimum Gasteiger partial charge on any atom is -0.507 e. The van der Waals surface area contributed by atoms with Gasteiger partial charge in [-0.1, -0.05) is 12.1 Å². The predicted molar refractivity (Wildman–Crippen MR) is 154 cm³/mol. The van der Waals surface area contributed by atoms with Crippen LogP contribution in [-0.2, 0) is 30.2 Å². The Labute approximate surface area is 258 Å². The number of rotatable bonds is 7. The third-order valence-electron chi connectivity index (χ3n) is 9.22. The van der Waals surface area contributed by atoms with Crippen LogP contribution >= 0.6 is 0 Å². The zero-order chi connectivity index (χ0) is 32.2. The molecule has 2 heterocycles. The van der Waals surface area contributed by atoms with Gasteiger partial charge >= 0.3 is 0 Å². The molecule has 4 aliphatic rings. The Balaban J connectivity index is 1.38. The van der Waals surface area contributed by atoms with Gasteiger partial charge in [0.1, 0.15) is 35.6 Å². The van der Waals surface area contributed by atoms with Crippen molar-refractivity contribution in [3.8, 4) is 17.2 Å². The molecule has 0 amide bonds. The molecule has 13 nitrogen and oxygen atoms in total. The number of hydrogen-bond acceptors (Lipinski definition) is 13. The molecule has 7 atom stereocenters. The third kappa shape index (κ3) is 5.31. The van der Waals surface area contributed by atoms with E-state index in [1.54, 1.807) is 6.92 Å². The molecule has 0 radical (unpaired) electrons. The highest BCUT2D eigenvalue weighted by molar-refractivity contribution is 6.31. The number of phenols is 2. The second-order valence-corrected chi connectivity index (χ2v) is 12.1. The summed E-state index contributed by atoms with van der Waals surface area (Å²) in [6, 6.07) is 3.86. The average Bonchev–Trinajstić information content (AvgIpc) is 3.02. The second kappa shape index (κ2) is 12.1. The zero-order valence-electron chi connectivity index (χ0n) is 25.0. The van der Waals surface area contributed by atoms with Crippen molar-refractivity contribution >= 4 is 17.3 Å². The highest BCUT2D eigenvalue weighted by atomic mass is 16.7. The van der Waals surface area contributed by atoms with Crippen molar-refractivity contribution in [1.82, 2.24) is 0 Å². The molecule has 45 heavy (non-hydrogen) atoms. The number of methoxy groups -OCH3 is 1. The van der Waals surface area contributed by atoms with E-state index >= 15 is 0 Å². The van der Waals surface area contributed by atoms with Gasteiger partial charge < -0.3 is 49.8 Å². The first-order chi connectivity index (χ1) is 21.5. The Hall–Kier alpha value is -3.43. The second-order valence-electron chi connectivity index (χ2n) is 12.1. The number of phenolic OH excluding ortho intramolecular Hbond substituents is 2. The molecule has 0 saturated carbocycles. The molecule has 2 saturated heterocycles. The van der Waals surface area contributed by atoms with Gasteiger partial charge in [-0.2, -0.15) is 0 Å². The minimum atomic E-state index is -2.24. The quantitative estimate of drug-likeness (QED) is 0.236. The van der Waals surface area contributed by atoms with Gasteiger partial charge in [0.25, 0.3) is 0 Å². The molecule has 0 unspecified atom stereocenters. The molecular weight excluding hydrogens is 590 g/mol. The van der Waals surface area contributed by atoms with E-state index in [1.807, 2.05) is 0 Å². The van der Waals surface area contributed by atoms with E-state index in [4.69, 9.17) is 29.4 Å². The van der Waals surface area contributed by atoms with E-state index in [0.717, 1.165) is 19.3 Å². The number of ketones is 3. The van der Waals surface area contributed by atoms with Crippen molar-refractivity contribution < 1.29 is 58.5 Å². The summed E-state index contributed by atoms with van der Waals surface area (Å²) >= 11 is 0. The van der Waals surface area contributed by atoms with Crippen LogP contribution in [0.5, 0.6) is 17.2 Å². The lowest BCUT2D eigenvalue weighted by molar-refractivity contribution is -0.281. The number of benzene rings is 2. The monoisotopic (exact) mass is 627 g/mol. The maximum atomic E-state index is 13.8. The number of aliphatic hydroxyl groups is 2. The molecule has 2 fully saturated rings. The van der Waals surface area contributed by atoms with Crippen molar-refractivity contribution in [3.63, 3.8) is 0 Å². The average molecular weight is 628 g/mol. The Morgan fingerprint density at radius 1 is 1.07 bits per heavy atom. The fourth-order valence-corrected chi connectivity index (χ4v) is 6.95. The normalized spacial score (nSPS) is 31.1. The summed E-state index contributed by atoms with van der Waals surface area (Å²) in [6.07, 6.45) is -2.03. The molecule has 0 aromatic heterocycles. The topological polar surface area (TPSA) is 204 Å². The van der Waals surface area contributed by atoms with E-state index in [1.165, 1.54) is 25.3 Å². The van der Waals surface area contributed by atoms with Crippen LogP contribution in [0.15, 0.2) is 18.2 Å². The Bertz CT molecular complexity index is 1520. The summed E-state index contributed by atoms with van der Waals surface area (Å²) in [4.78, 5) is 40.2. The summed E-state index contributed by atoms with van der Waals surface area (Å²) in [5.74, 6) is -3.67. The summed E-state index contributed by atoms with van der Waals surface area (Å²) in [5, 5.41) is 44.2. The van der Waals surface area contributed by atoms with Crippen molar-refractivity contribution in [2.45, 2.75) is 88.0 Å². The fraction of sp³-hybridized carbons (Fsp3) is 0.531. The van der Waals surface area contributed by atoms with E-state index in [-0.39, 0.29) is 34.4 Å². The van der Waals surface area contributed by atoms with Gasteiger partial charge in [0.05, 0.1) is 36.0 Å². The van der Waals surface area contributed by atoms with Gasteiger partial charge in [0.2, 0.25) is 5.78 Å². The Kier molecular flexibility index (Phi) is 8.46. The van der Waals surface area contributed by atoms with Crippen LogP contribution in [0, 0.1) is 0 Å². The summed E-state index contributed by atoms with van der Waals surface area (Å²) in [5.41, 5.74) is 2.98. The lowest BCUT2D eigenvalue weighted by Gasteiger charge is -2.43. The lowest BCUT2D eigenvalue weighted by atomic mass is 9.72. The van der Waals surface area contributed by atoms with Gasteiger partial charge in [0.15, 0.2) is 24.1 Å². The number of Topliss-reactive ketones (excluding diaryl/α,β-unsaturated/α-hetero) is 1. The maximum absolute atomic E-state index is 13.8. The van der Waals surface area contributed by atoms with Crippen molar-refractivity contribution in [2.24, 2.45) is 5.73 Å². The van der Waals surface area contributed by atoms with Crippen LogP contribution in [0.2, 0.25) is 0 Å². The van der Waals surface area contributed by atoms with E-state index in [0.29, 0.717) is 6.61 Å². The first kappa shape index (κ1) is 31.5. The summed E-state index contributed by atoms with van der Waals surface area (Å²) < 4.78 is 29.5. The SMILES string of the molecule is COc1cccc2c1C(=O)c1c(O)c3c(c(O)c1C2=O)C[C@@](O)(C(=O)CO)C[C@@H]3O[C@@H]1C[C@@H](N)[C@@H](O[C@@H]2CCCCO2)[C@@H](C)O1. The number of nitrogens with two attached hydrogens (primary N) is 1. The van der Waals surface area contributed by atoms with Gasteiger partial charge in [-0.25, -0.2) is 0 Å². The van der Waals surface area contributed by atoms with Crippen LogP contribution in [0.1, 0.15) is 88.1 Å². The smallest absolute Gasteiger partial charge is 0.202 e. The van der Waals surface area contributed by atoms with Gasteiger partial charge in [0, 0.05) is 48.6 Å². The van der Waals surface area contributed by atoms with Crippen LogP contribution in [0.3, 0.4) is 0 Å². The van der Waals surface area contributed by atoms with E-state index in [2.05, 4.69) is 0 Å². The number of aliphatic hydroxyl groups excluding tert-OH is 1. The number of carbonyl (C=O) groups is 3. The molecule has 6 rings (SSSR count). The first-order valence-electron chi connectivity index (χ1n) is 15.1. The molecule has 0 bridgehead atoms. The Morgan fingerprint density at radius 3 is 2.49 bits per heavy atom. The van der Waals surface area contributed by atoms with Crippen LogP contribution in [0.25, 0.3) is 0 Å². The largest absolute Gasteiger partial charge is 0.507 e. The molecule has 2 aliphatic heterocycles. The third-order valence-corrected chi connectivity index (χ3v) is 9.22. The Morgan fingerprint density at radius 2 is 1.82 bits per heavy atom. The molecular formula is C32H37NO12. The lowest BCUT2D eigenvalue weighted by Crippen LogP contribution is -2.55. The summed E-state index contributed by atoms with van der Waals surface area (Å²) in [7, 11) is 1.34. The van der Waals surface area contributed by atoms with E-state index in [9.17, 15) is 34.8 Å². The molecule has 0 spiro atoms. The van der Waals surface area contributed by atoms with Gasteiger partial charge in [-0.15, -0.1) is 0 Å². The van der Waals surface area contributed by atoms with Crippen LogP contribution in [0.4, 0.5) is 0 Å². The standard InChI is InChI=1S/C32H37NO12/c1-14-31(45-21-8-3-4-9-42-21)17(33)10-22(43-14)44-19-12-32(40,20(35)13-34)11-16-24(19)30(39)26-25(28(16)37)27(36)15-6-5-7-18(41-2)23(15)29(26)38/h5-7,14,17,19,21-22,31,34,37,39-40H,3-4,8-13,33H2,1-2H3/t14-,17-,19+,21-,22-,31+,32+/m1/s1. The number of hydrogen-bond donors (Lipinski definition) is 5.